The number of hydrogen-bond acceptors (Lipinski definition) is 4. The third-order valence-corrected chi connectivity index (χ3v) is 5.85. The molecule has 8 heteroatoms. The van der Waals surface area contributed by atoms with E-state index in [4.69, 9.17) is 28.9 Å². The van der Waals surface area contributed by atoms with Crippen LogP contribution in [-0.4, -0.2) is 8.42 Å². The lowest BCUT2D eigenvalue weighted by Crippen LogP contribution is -2.13. The van der Waals surface area contributed by atoms with E-state index in [-0.39, 0.29) is 15.6 Å². The van der Waals surface area contributed by atoms with Crippen molar-refractivity contribution in [2.24, 2.45) is 5.73 Å². The van der Waals surface area contributed by atoms with Gasteiger partial charge in [-0.25, -0.2) is 8.42 Å². The lowest BCUT2D eigenvalue weighted by Gasteiger charge is -2.09. The highest BCUT2D eigenvalue weighted by Crippen LogP contribution is 2.31. The molecule has 0 spiro atoms. The standard InChI is InChI=1S/C12H12Cl2N2O2S2/c1-7-12(5-9(6-15)19-7)20(17,18)16-11-4-8(13)2-3-10(11)14/h2-5,16H,6,15H2,1H3. The maximum absolute atomic E-state index is 12.4. The van der Waals surface area contributed by atoms with Crippen molar-refractivity contribution in [1.29, 1.82) is 0 Å². The smallest absolute Gasteiger partial charge is 0.263 e. The quantitative estimate of drug-likeness (QED) is 0.884. The highest BCUT2D eigenvalue weighted by Gasteiger charge is 2.20. The van der Waals surface area contributed by atoms with E-state index in [9.17, 15) is 8.42 Å². The van der Waals surface area contributed by atoms with Crippen molar-refractivity contribution in [3.05, 3.63) is 44.1 Å². The van der Waals surface area contributed by atoms with Crippen LogP contribution in [0, 0.1) is 6.92 Å². The van der Waals surface area contributed by atoms with Gasteiger partial charge in [-0.2, -0.15) is 0 Å². The van der Waals surface area contributed by atoms with Gasteiger partial charge < -0.3 is 5.73 Å². The highest BCUT2D eigenvalue weighted by atomic mass is 35.5. The van der Waals surface area contributed by atoms with Crippen molar-refractivity contribution >= 4 is 50.2 Å². The largest absolute Gasteiger partial charge is 0.326 e. The molecule has 3 N–H and O–H groups in total. The molecular formula is C12H12Cl2N2O2S2. The molecule has 2 aromatic rings. The molecule has 0 aliphatic carbocycles. The summed E-state index contributed by atoms with van der Waals surface area (Å²) in [6, 6.07) is 6.16. The second kappa shape index (κ2) is 5.91. The van der Waals surface area contributed by atoms with Gasteiger partial charge in [-0.05, 0) is 31.2 Å². The zero-order valence-corrected chi connectivity index (χ0v) is 13.6. The molecule has 0 aliphatic heterocycles. The van der Waals surface area contributed by atoms with E-state index in [0.717, 1.165) is 4.88 Å². The van der Waals surface area contributed by atoms with Crippen molar-refractivity contribution in [2.75, 3.05) is 4.72 Å². The summed E-state index contributed by atoms with van der Waals surface area (Å²) in [7, 11) is -3.71. The minimum Gasteiger partial charge on any atom is -0.326 e. The van der Waals surface area contributed by atoms with Crippen LogP contribution in [0.5, 0.6) is 0 Å². The molecule has 20 heavy (non-hydrogen) atoms. The van der Waals surface area contributed by atoms with Crippen molar-refractivity contribution in [2.45, 2.75) is 18.4 Å². The third kappa shape index (κ3) is 3.27. The summed E-state index contributed by atoms with van der Waals surface area (Å²) in [5.41, 5.74) is 5.78. The Labute approximate surface area is 131 Å². The zero-order chi connectivity index (χ0) is 14.9. The molecule has 0 saturated heterocycles. The summed E-state index contributed by atoms with van der Waals surface area (Å²) >= 11 is 13.2. The van der Waals surface area contributed by atoms with Crippen LogP contribution < -0.4 is 10.5 Å². The van der Waals surface area contributed by atoms with E-state index in [1.54, 1.807) is 19.1 Å². The average molecular weight is 351 g/mol. The summed E-state index contributed by atoms with van der Waals surface area (Å²) in [6.45, 7) is 2.04. The maximum atomic E-state index is 12.4. The van der Waals surface area contributed by atoms with E-state index in [2.05, 4.69) is 4.72 Å². The van der Waals surface area contributed by atoms with Gasteiger partial charge in [-0.3, -0.25) is 4.72 Å². The number of sulfonamides is 1. The normalized spacial score (nSPS) is 11.6. The van der Waals surface area contributed by atoms with Crippen LogP contribution in [0.2, 0.25) is 10.0 Å². The molecule has 108 valence electrons. The van der Waals surface area contributed by atoms with E-state index >= 15 is 0 Å². The Kier molecular flexibility index (Phi) is 4.61. The van der Waals surface area contributed by atoms with E-state index in [1.807, 2.05) is 0 Å². The predicted octanol–water partition coefficient (Wildman–Crippen LogP) is 3.62. The van der Waals surface area contributed by atoms with Crippen LogP contribution in [0.3, 0.4) is 0 Å². The summed E-state index contributed by atoms with van der Waals surface area (Å²) in [5, 5.41) is 0.682. The van der Waals surface area contributed by atoms with Gasteiger partial charge in [0, 0.05) is 21.3 Å². The van der Waals surface area contributed by atoms with E-state index < -0.39 is 10.0 Å². The zero-order valence-electron chi connectivity index (χ0n) is 10.5. The minimum atomic E-state index is -3.71. The summed E-state index contributed by atoms with van der Waals surface area (Å²) in [6.07, 6.45) is 0. The van der Waals surface area contributed by atoms with Crippen molar-refractivity contribution < 1.29 is 8.42 Å². The lowest BCUT2D eigenvalue weighted by atomic mass is 10.3. The molecule has 0 fully saturated rings. The number of hydrogen-bond donors (Lipinski definition) is 2. The van der Waals surface area contributed by atoms with Crippen LogP contribution in [0.15, 0.2) is 29.2 Å². The molecule has 1 aromatic heterocycles. The van der Waals surface area contributed by atoms with Crippen LogP contribution in [-0.2, 0) is 16.6 Å². The fourth-order valence-corrected chi connectivity index (χ4v) is 4.65. The maximum Gasteiger partial charge on any atom is 0.263 e. The second-order valence-electron chi connectivity index (χ2n) is 4.07. The molecule has 0 saturated carbocycles. The first-order chi connectivity index (χ1) is 9.33. The molecule has 0 unspecified atom stereocenters. The predicted molar refractivity (Wildman–Crippen MR) is 84.2 cm³/mol. The Morgan fingerprint density at radius 2 is 2.00 bits per heavy atom. The van der Waals surface area contributed by atoms with Crippen LogP contribution in [0.25, 0.3) is 0 Å². The number of nitrogens with one attached hydrogen (secondary N) is 1. The molecule has 1 heterocycles. The number of rotatable bonds is 4. The number of halogens is 2. The van der Waals surface area contributed by atoms with Gasteiger partial charge in [-0.1, -0.05) is 23.2 Å². The Balaban J connectivity index is 2.40. The van der Waals surface area contributed by atoms with E-state index in [0.29, 0.717) is 16.4 Å². The van der Waals surface area contributed by atoms with Crippen LogP contribution in [0.4, 0.5) is 5.69 Å². The molecule has 0 amide bonds. The summed E-state index contributed by atoms with van der Waals surface area (Å²) < 4.78 is 27.2. The number of benzene rings is 1. The Morgan fingerprint density at radius 3 is 2.60 bits per heavy atom. The van der Waals surface area contributed by atoms with Crippen molar-refractivity contribution in [3.63, 3.8) is 0 Å². The number of nitrogens with two attached hydrogens (primary N) is 1. The molecule has 0 bridgehead atoms. The monoisotopic (exact) mass is 350 g/mol. The highest BCUT2D eigenvalue weighted by molar-refractivity contribution is 7.93. The topological polar surface area (TPSA) is 72.2 Å². The van der Waals surface area contributed by atoms with Gasteiger partial charge in [0.25, 0.3) is 10.0 Å². The fourth-order valence-electron chi connectivity index (χ4n) is 1.67. The Hall–Kier alpha value is -0.790. The van der Waals surface area contributed by atoms with Gasteiger partial charge in [0.2, 0.25) is 0 Å². The molecule has 0 aliphatic rings. The summed E-state index contributed by atoms with van der Waals surface area (Å²) in [4.78, 5) is 1.69. The van der Waals surface area contributed by atoms with Gasteiger partial charge in [0.15, 0.2) is 0 Å². The van der Waals surface area contributed by atoms with Crippen molar-refractivity contribution in [1.82, 2.24) is 0 Å². The molecular weight excluding hydrogens is 339 g/mol. The molecule has 1 aromatic carbocycles. The van der Waals surface area contributed by atoms with Crippen LogP contribution in [0.1, 0.15) is 9.75 Å². The first-order valence-corrected chi connectivity index (χ1v) is 8.66. The SMILES string of the molecule is Cc1sc(CN)cc1S(=O)(=O)Nc1cc(Cl)ccc1Cl. The van der Waals surface area contributed by atoms with Gasteiger partial charge >= 0.3 is 0 Å². The first-order valence-electron chi connectivity index (χ1n) is 5.60. The van der Waals surface area contributed by atoms with Gasteiger partial charge in [0.05, 0.1) is 10.7 Å². The van der Waals surface area contributed by atoms with Gasteiger partial charge in [0.1, 0.15) is 4.90 Å². The van der Waals surface area contributed by atoms with Crippen molar-refractivity contribution in [3.8, 4) is 0 Å². The third-order valence-electron chi connectivity index (χ3n) is 2.59. The second-order valence-corrected chi connectivity index (χ2v) is 7.90. The number of aryl methyl sites for hydroxylation is 1. The minimum absolute atomic E-state index is 0.207. The Morgan fingerprint density at radius 1 is 1.30 bits per heavy atom. The number of thiophene rings is 1. The fraction of sp³-hybridized carbons (Fsp3) is 0.167. The molecule has 4 nitrogen and oxygen atoms in total. The molecule has 0 radical (unpaired) electrons. The summed E-state index contributed by atoms with van der Waals surface area (Å²) in [5.74, 6) is 0. The van der Waals surface area contributed by atoms with Gasteiger partial charge in [-0.15, -0.1) is 11.3 Å². The van der Waals surface area contributed by atoms with Crippen LogP contribution >= 0.6 is 34.5 Å². The molecule has 2 rings (SSSR count). The lowest BCUT2D eigenvalue weighted by molar-refractivity contribution is 0.601. The molecule has 0 atom stereocenters. The average Bonchev–Trinajstić information content (AvgIpc) is 2.76. The van der Waals surface area contributed by atoms with E-state index in [1.165, 1.54) is 23.5 Å². The number of anilines is 1. The Bertz CT molecular complexity index is 742. The first kappa shape index (κ1) is 15.6.